The fraction of sp³-hybridized carbons (Fsp3) is 0.286. The van der Waals surface area contributed by atoms with E-state index in [1.807, 2.05) is 19.1 Å². The molecule has 2 aromatic rings. The van der Waals surface area contributed by atoms with Crippen molar-refractivity contribution in [2.45, 2.75) is 13.5 Å². The van der Waals surface area contributed by atoms with E-state index in [4.69, 9.17) is 10.5 Å². The van der Waals surface area contributed by atoms with Gasteiger partial charge in [0.25, 0.3) is 5.91 Å². The topological polar surface area (TPSA) is 73.4 Å². The Morgan fingerprint density at radius 1 is 1.40 bits per heavy atom. The number of hydrogen-bond donors (Lipinski definition) is 1. The van der Waals surface area contributed by atoms with Gasteiger partial charge < -0.3 is 15.4 Å². The number of carbonyl (C=O) groups excluding carboxylic acids is 1. The molecule has 0 saturated carbocycles. The number of nitrogen functional groups attached to an aromatic ring is 1. The number of ether oxygens (including phenoxy) is 1. The lowest BCUT2D eigenvalue weighted by Crippen LogP contribution is -2.27. The summed E-state index contributed by atoms with van der Waals surface area (Å²) >= 11 is 0. The van der Waals surface area contributed by atoms with E-state index in [-0.39, 0.29) is 11.6 Å². The number of rotatable bonds is 4. The van der Waals surface area contributed by atoms with Gasteiger partial charge in [-0.05, 0) is 31.2 Å². The lowest BCUT2D eigenvalue weighted by molar-refractivity contribution is 0.0988. The highest BCUT2D eigenvalue weighted by molar-refractivity contribution is 6.07. The monoisotopic (exact) mass is 274 g/mol. The lowest BCUT2D eigenvalue weighted by atomic mass is 10.2. The van der Waals surface area contributed by atoms with Gasteiger partial charge in [0.05, 0.1) is 12.8 Å². The van der Waals surface area contributed by atoms with Crippen LogP contribution in [0.25, 0.3) is 0 Å². The van der Waals surface area contributed by atoms with Crippen LogP contribution in [0.1, 0.15) is 17.4 Å². The molecule has 6 nitrogen and oxygen atoms in total. The normalized spacial score (nSPS) is 10.3. The first kappa shape index (κ1) is 13.9. The summed E-state index contributed by atoms with van der Waals surface area (Å²) in [6.45, 7) is 2.61. The molecule has 0 bridgehead atoms. The highest BCUT2D eigenvalue weighted by Crippen LogP contribution is 2.21. The highest BCUT2D eigenvalue weighted by Gasteiger charge is 2.19. The summed E-state index contributed by atoms with van der Waals surface area (Å²) in [5.41, 5.74) is 7.23. The molecule has 0 fully saturated rings. The van der Waals surface area contributed by atoms with E-state index in [1.54, 1.807) is 37.2 Å². The van der Waals surface area contributed by atoms with Crippen molar-refractivity contribution in [2.24, 2.45) is 0 Å². The van der Waals surface area contributed by atoms with E-state index in [0.717, 1.165) is 11.4 Å². The van der Waals surface area contributed by atoms with Crippen LogP contribution in [0.15, 0.2) is 30.5 Å². The van der Waals surface area contributed by atoms with Gasteiger partial charge in [-0.25, -0.2) is 0 Å². The van der Waals surface area contributed by atoms with Gasteiger partial charge in [0, 0.05) is 25.5 Å². The molecule has 1 aromatic carbocycles. The summed E-state index contributed by atoms with van der Waals surface area (Å²) in [6, 6.07) is 7.22. The second-order valence-corrected chi connectivity index (χ2v) is 4.35. The molecular weight excluding hydrogens is 256 g/mol. The van der Waals surface area contributed by atoms with Crippen LogP contribution in [0.4, 0.5) is 11.4 Å². The fourth-order valence-corrected chi connectivity index (χ4v) is 1.85. The molecule has 0 radical (unpaired) electrons. The summed E-state index contributed by atoms with van der Waals surface area (Å²) in [7, 11) is 3.29. The molecule has 1 heterocycles. The third kappa shape index (κ3) is 2.59. The van der Waals surface area contributed by atoms with Crippen molar-refractivity contribution < 1.29 is 9.53 Å². The van der Waals surface area contributed by atoms with Crippen molar-refractivity contribution in [1.29, 1.82) is 0 Å². The summed E-state index contributed by atoms with van der Waals surface area (Å²) in [5, 5.41) is 4.18. The number of methoxy groups -OCH3 is 1. The zero-order valence-electron chi connectivity index (χ0n) is 11.8. The Kier molecular flexibility index (Phi) is 3.93. The van der Waals surface area contributed by atoms with E-state index in [0.29, 0.717) is 12.2 Å². The molecule has 2 rings (SSSR count). The predicted molar refractivity (Wildman–Crippen MR) is 78.0 cm³/mol. The Bertz CT molecular complexity index is 604. The first-order chi connectivity index (χ1) is 9.56. The molecule has 0 aliphatic carbocycles. The molecule has 0 spiro atoms. The number of benzene rings is 1. The molecular formula is C14H18N4O2. The van der Waals surface area contributed by atoms with Gasteiger partial charge in [0.15, 0.2) is 5.69 Å². The molecule has 20 heavy (non-hydrogen) atoms. The number of aromatic nitrogens is 2. The molecule has 106 valence electrons. The quantitative estimate of drug-likeness (QED) is 0.922. The van der Waals surface area contributed by atoms with Crippen molar-refractivity contribution in [3.8, 4) is 5.75 Å². The Morgan fingerprint density at radius 2 is 2.05 bits per heavy atom. The Hall–Kier alpha value is -2.50. The van der Waals surface area contributed by atoms with Gasteiger partial charge in [0.2, 0.25) is 0 Å². The number of nitrogens with two attached hydrogens (primary N) is 1. The maximum absolute atomic E-state index is 12.4. The number of amides is 1. The van der Waals surface area contributed by atoms with E-state index in [1.165, 1.54) is 4.90 Å². The largest absolute Gasteiger partial charge is 0.497 e. The SMILES string of the molecule is CCn1cc(N)c(C(=O)N(C)c2ccc(OC)cc2)n1. The van der Waals surface area contributed by atoms with E-state index >= 15 is 0 Å². The van der Waals surface area contributed by atoms with Crippen LogP contribution in [0.2, 0.25) is 0 Å². The molecule has 0 aliphatic heterocycles. The number of aryl methyl sites for hydroxylation is 1. The van der Waals surface area contributed by atoms with Gasteiger partial charge in [-0.3, -0.25) is 9.48 Å². The minimum Gasteiger partial charge on any atom is -0.497 e. The third-order valence-corrected chi connectivity index (χ3v) is 3.08. The Labute approximate surface area is 117 Å². The predicted octanol–water partition coefficient (Wildman–Crippen LogP) is 1.77. The standard InChI is InChI=1S/C14H18N4O2/c1-4-18-9-12(15)13(16-18)14(19)17(2)10-5-7-11(20-3)8-6-10/h5-9H,4,15H2,1-3H3. The van der Waals surface area contributed by atoms with Gasteiger partial charge in [-0.2, -0.15) is 5.10 Å². The first-order valence-electron chi connectivity index (χ1n) is 6.31. The van der Waals surface area contributed by atoms with Gasteiger partial charge in [-0.1, -0.05) is 0 Å². The summed E-state index contributed by atoms with van der Waals surface area (Å²) in [4.78, 5) is 13.9. The number of nitrogens with zero attached hydrogens (tertiary/aromatic N) is 3. The second-order valence-electron chi connectivity index (χ2n) is 4.35. The van der Waals surface area contributed by atoms with Crippen molar-refractivity contribution in [3.05, 3.63) is 36.2 Å². The molecule has 0 unspecified atom stereocenters. The van der Waals surface area contributed by atoms with Crippen LogP contribution in [-0.2, 0) is 6.54 Å². The van der Waals surface area contributed by atoms with Gasteiger partial charge in [0.1, 0.15) is 5.75 Å². The van der Waals surface area contributed by atoms with E-state index < -0.39 is 0 Å². The number of anilines is 2. The maximum atomic E-state index is 12.4. The number of carbonyl (C=O) groups is 1. The van der Waals surface area contributed by atoms with Crippen molar-refractivity contribution in [2.75, 3.05) is 24.8 Å². The van der Waals surface area contributed by atoms with Gasteiger partial charge in [-0.15, -0.1) is 0 Å². The van der Waals surface area contributed by atoms with Crippen molar-refractivity contribution >= 4 is 17.3 Å². The van der Waals surface area contributed by atoms with E-state index in [9.17, 15) is 4.79 Å². The smallest absolute Gasteiger partial charge is 0.280 e. The molecule has 2 N–H and O–H groups in total. The van der Waals surface area contributed by atoms with Crippen molar-refractivity contribution in [3.63, 3.8) is 0 Å². The molecule has 0 atom stereocenters. The first-order valence-corrected chi connectivity index (χ1v) is 6.31. The summed E-state index contributed by atoms with van der Waals surface area (Å²) < 4.78 is 6.74. The van der Waals surface area contributed by atoms with Crippen LogP contribution in [-0.4, -0.2) is 29.8 Å². The Morgan fingerprint density at radius 3 is 2.55 bits per heavy atom. The summed E-state index contributed by atoms with van der Waals surface area (Å²) in [5.74, 6) is 0.504. The van der Waals surface area contributed by atoms with E-state index in [2.05, 4.69) is 5.10 Å². The summed E-state index contributed by atoms with van der Waals surface area (Å²) in [6.07, 6.45) is 1.66. The van der Waals surface area contributed by atoms with Crippen LogP contribution in [0, 0.1) is 0 Å². The maximum Gasteiger partial charge on any atom is 0.280 e. The minimum atomic E-state index is -0.236. The second kappa shape index (κ2) is 5.64. The average molecular weight is 274 g/mol. The van der Waals surface area contributed by atoms with Crippen molar-refractivity contribution in [1.82, 2.24) is 9.78 Å². The third-order valence-electron chi connectivity index (χ3n) is 3.08. The van der Waals surface area contributed by atoms with Crippen LogP contribution in [0.3, 0.4) is 0 Å². The number of hydrogen-bond acceptors (Lipinski definition) is 4. The minimum absolute atomic E-state index is 0.236. The molecule has 1 aromatic heterocycles. The lowest BCUT2D eigenvalue weighted by Gasteiger charge is -2.16. The fourth-order valence-electron chi connectivity index (χ4n) is 1.85. The molecule has 1 amide bonds. The average Bonchev–Trinajstić information content (AvgIpc) is 2.87. The van der Waals surface area contributed by atoms with Crippen LogP contribution >= 0.6 is 0 Å². The zero-order chi connectivity index (χ0) is 14.7. The Balaban J connectivity index is 2.24. The van der Waals surface area contributed by atoms with Crippen LogP contribution < -0.4 is 15.4 Å². The molecule has 0 aliphatic rings. The van der Waals surface area contributed by atoms with Gasteiger partial charge >= 0.3 is 0 Å². The molecule has 6 heteroatoms. The molecule has 0 saturated heterocycles. The zero-order valence-corrected chi connectivity index (χ0v) is 11.8. The van der Waals surface area contributed by atoms with Crippen LogP contribution in [0.5, 0.6) is 5.75 Å². The highest BCUT2D eigenvalue weighted by atomic mass is 16.5.